The summed E-state index contributed by atoms with van der Waals surface area (Å²) in [5.41, 5.74) is 5.54. The lowest BCUT2D eigenvalue weighted by atomic mass is 9.91. The molecule has 0 bridgehead atoms. The third-order valence-corrected chi connectivity index (χ3v) is 4.47. The van der Waals surface area contributed by atoms with E-state index in [0.717, 1.165) is 0 Å². The van der Waals surface area contributed by atoms with Crippen LogP contribution in [0.5, 0.6) is 0 Å². The smallest absolute Gasteiger partial charge is 0.252 e. The third kappa shape index (κ3) is 2.94. The van der Waals surface area contributed by atoms with Crippen LogP contribution in [-0.4, -0.2) is 75.1 Å². The summed E-state index contributed by atoms with van der Waals surface area (Å²) in [5.74, 6) is -4.13. The summed E-state index contributed by atoms with van der Waals surface area (Å²) in [6, 6.07) is 0. The van der Waals surface area contributed by atoms with Crippen LogP contribution in [0, 0.1) is 0 Å². The van der Waals surface area contributed by atoms with Gasteiger partial charge in [-0.25, -0.2) is 0 Å². The van der Waals surface area contributed by atoms with E-state index in [1.54, 1.807) is 27.9 Å². The number of rotatable bonds is 5. The number of primary amides is 1. The summed E-state index contributed by atoms with van der Waals surface area (Å²) in [6.07, 6.45) is -2.97. The molecule has 6 atom stereocenters. The first-order chi connectivity index (χ1) is 11.2. The first-order valence-corrected chi connectivity index (χ1v) is 7.85. The summed E-state index contributed by atoms with van der Waals surface area (Å²) in [4.78, 5) is 12.0. The number of methoxy groups -OCH3 is 2. The number of hydrogen-bond donors (Lipinski definition) is 1. The molecule has 0 aromatic heterocycles. The molecule has 0 aromatic carbocycles. The molecule has 2 unspecified atom stereocenters. The molecule has 0 saturated carbocycles. The van der Waals surface area contributed by atoms with E-state index in [1.807, 2.05) is 0 Å². The van der Waals surface area contributed by atoms with Crippen LogP contribution >= 0.6 is 0 Å². The molecule has 3 saturated heterocycles. The minimum Gasteiger partial charge on any atom is -0.376 e. The molecule has 24 heavy (non-hydrogen) atoms. The average Bonchev–Trinajstić information content (AvgIpc) is 3.15. The lowest BCUT2D eigenvalue weighted by Crippen LogP contribution is -2.69. The highest BCUT2D eigenvalue weighted by atomic mass is 16.9. The largest absolute Gasteiger partial charge is 0.376 e. The van der Waals surface area contributed by atoms with E-state index in [0.29, 0.717) is 6.61 Å². The Morgan fingerprint density at radius 3 is 2.33 bits per heavy atom. The fourth-order valence-corrected chi connectivity index (χ4v) is 3.27. The number of carbonyl (C=O) groups is 1. The molecule has 138 valence electrons. The molecule has 3 rings (SSSR count). The number of amides is 1. The Morgan fingerprint density at radius 1 is 1.17 bits per heavy atom. The molecule has 2 N–H and O–H groups in total. The Labute approximate surface area is 140 Å². The van der Waals surface area contributed by atoms with Gasteiger partial charge in [0.15, 0.2) is 17.7 Å². The zero-order valence-corrected chi connectivity index (χ0v) is 14.6. The molecule has 3 heterocycles. The number of nitrogens with two attached hydrogens (primary N) is 1. The van der Waals surface area contributed by atoms with E-state index in [9.17, 15) is 4.79 Å². The molecule has 9 nitrogen and oxygen atoms in total. The molecule has 0 radical (unpaired) electrons. The number of carbonyl (C=O) groups excluding carboxylic acids is 1. The second-order valence-corrected chi connectivity index (χ2v) is 6.87. The highest BCUT2D eigenvalue weighted by Gasteiger charge is 2.68. The zero-order chi connectivity index (χ0) is 17.8. The van der Waals surface area contributed by atoms with E-state index < -0.39 is 47.7 Å². The third-order valence-electron chi connectivity index (χ3n) is 4.47. The van der Waals surface area contributed by atoms with Crippen LogP contribution in [0.25, 0.3) is 0 Å². The van der Waals surface area contributed by atoms with Gasteiger partial charge in [-0.2, -0.15) is 0 Å². The molecule has 3 aliphatic heterocycles. The Kier molecular flexibility index (Phi) is 4.40. The van der Waals surface area contributed by atoms with Gasteiger partial charge in [0.25, 0.3) is 5.91 Å². The van der Waals surface area contributed by atoms with Crippen LogP contribution < -0.4 is 5.73 Å². The topological polar surface area (TPSA) is 111 Å². The summed E-state index contributed by atoms with van der Waals surface area (Å²) in [7, 11) is 3.08. The van der Waals surface area contributed by atoms with Crippen LogP contribution in [-0.2, 0) is 38.0 Å². The van der Waals surface area contributed by atoms with E-state index in [-0.39, 0.29) is 6.61 Å². The van der Waals surface area contributed by atoms with Crippen LogP contribution in [0.15, 0.2) is 0 Å². The lowest BCUT2D eigenvalue weighted by Gasteiger charge is -2.48. The first-order valence-electron chi connectivity index (χ1n) is 7.85. The van der Waals surface area contributed by atoms with Crippen molar-refractivity contribution in [2.45, 2.75) is 62.5 Å². The zero-order valence-electron chi connectivity index (χ0n) is 14.6. The molecule has 0 aliphatic carbocycles. The van der Waals surface area contributed by atoms with Crippen LogP contribution in [0.3, 0.4) is 0 Å². The quantitative estimate of drug-likeness (QED) is 0.663. The number of epoxide rings is 1. The molecule has 3 aliphatic rings. The van der Waals surface area contributed by atoms with Gasteiger partial charge in [0.05, 0.1) is 6.61 Å². The van der Waals surface area contributed by atoms with Crippen molar-refractivity contribution >= 4 is 5.91 Å². The molecular weight excluding hydrogens is 322 g/mol. The predicted molar refractivity (Wildman–Crippen MR) is 78.7 cm³/mol. The molecule has 1 amide bonds. The summed E-state index contributed by atoms with van der Waals surface area (Å²) in [5, 5.41) is 0. The van der Waals surface area contributed by atoms with Crippen molar-refractivity contribution in [2.24, 2.45) is 5.73 Å². The van der Waals surface area contributed by atoms with Crippen molar-refractivity contribution in [1.82, 2.24) is 0 Å². The van der Waals surface area contributed by atoms with Crippen molar-refractivity contribution in [3.63, 3.8) is 0 Å². The van der Waals surface area contributed by atoms with Gasteiger partial charge >= 0.3 is 0 Å². The summed E-state index contributed by atoms with van der Waals surface area (Å²) < 4.78 is 40.0. The fourth-order valence-electron chi connectivity index (χ4n) is 3.27. The highest BCUT2D eigenvalue weighted by molar-refractivity contribution is 5.80. The Hall–Kier alpha value is -0.810. The van der Waals surface area contributed by atoms with Gasteiger partial charge < -0.3 is 38.9 Å². The monoisotopic (exact) mass is 347 g/mol. The van der Waals surface area contributed by atoms with Gasteiger partial charge in [0, 0.05) is 14.2 Å². The van der Waals surface area contributed by atoms with Gasteiger partial charge in [0.2, 0.25) is 5.79 Å². The van der Waals surface area contributed by atoms with Crippen molar-refractivity contribution in [2.75, 3.05) is 27.4 Å². The Morgan fingerprint density at radius 2 is 1.83 bits per heavy atom. The lowest BCUT2D eigenvalue weighted by molar-refractivity contribution is -0.365. The molecule has 3 fully saturated rings. The maximum atomic E-state index is 12.0. The minimum atomic E-state index is -1.54. The highest BCUT2D eigenvalue weighted by Crippen LogP contribution is 2.47. The van der Waals surface area contributed by atoms with Crippen LogP contribution in [0.2, 0.25) is 0 Å². The maximum absolute atomic E-state index is 12.0. The molecule has 9 heteroatoms. The fraction of sp³-hybridized carbons (Fsp3) is 0.933. The van der Waals surface area contributed by atoms with Crippen molar-refractivity contribution in [3.8, 4) is 0 Å². The second-order valence-electron chi connectivity index (χ2n) is 6.87. The van der Waals surface area contributed by atoms with Crippen molar-refractivity contribution in [3.05, 3.63) is 0 Å². The van der Waals surface area contributed by atoms with Gasteiger partial charge in [-0.05, 0) is 20.8 Å². The van der Waals surface area contributed by atoms with E-state index >= 15 is 0 Å². The van der Waals surface area contributed by atoms with Gasteiger partial charge in [-0.1, -0.05) is 0 Å². The first kappa shape index (κ1) is 18.0. The Balaban J connectivity index is 2.00. The SMILES string of the molecule is CO[C@H]1[C@@H](OC2(C)CO2)[C@@]2(OC[C@H]1OC)OC(C)(C)OC2C(N)=O. The molecular formula is C15H25NO8. The second kappa shape index (κ2) is 5.87. The summed E-state index contributed by atoms with van der Waals surface area (Å²) in [6.45, 7) is 5.69. The van der Waals surface area contributed by atoms with E-state index in [1.165, 1.54) is 7.11 Å². The molecule has 0 aromatic rings. The maximum Gasteiger partial charge on any atom is 0.252 e. The summed E-state index contributed by atoms with van der Waals surface area (Å²) >= 11 is 0. The Bertz CT molecular complexity index is 508. The van der Waals surface area contributed by atoms with E-state index in [4.69, 9.17) is 38.9 Å². The van der Waals surface area contributed by atoms with Crippen molar-refractivity contribution in [1.29, 1.82) is 0 Å². The average molecular weight is 347 g/mol. The van der Waals surface area contributed by atoms with Crippen molar-refractivity contribution < 1.29 is 38.0 Å². The standard InChI is InChI=1S/C15H25NO8/c1-13(2)22-11(12(16)17)15(24-13)10(23-14(3)7-21-14)9(19-5)8(18-4)6-20-15/h8-11H,6-7H2,1-5H3,(H2,16,17)/t8-,9-,10-,11?,14?,15-/m1/s1. The van der Waals surface area contributed by atoms with Gasteiger partial charge in [0.1, 0.15) is 24.9 Å². The number of hydrogen-bond acceptors (Lipinski definition) is 8. The van der Waals surface area contributed by atoms with E-state index in [2.05, 4.69) is 0 Å². The molecule has 1 spiro atoms. The van der Waals surface area contributed by atoms with Crippen LogP contribution in [0.1, 0.15) is 20.8 Å². The predicted octanol–water partition coefficient (Wildman–Crippen LogP) is -0.489. The minimum absolute atomic E-state index is 0.135. The van der Waals surface area contributed by atoms with Crippen LogP contribution in [0.4, 0.5) is 0 Å². The number of ether oxygens (including phenoxy) is 7. The van der Waals surface area contributed by atoms with Gasteiger partial charge in [-0.3, -0.25) is 4.79 Å². The normalized spacial score (nSPS) is 47.0. The van der Waals surface area contributed by atoms with Gasteiger partial charge in [-0.15, -0.1) is 0 Å².